The maximum Gasteiger partial charge on any atom is 0.213 e. The van der Waals surface area contributed by atoms with E-state index in [0.717, 1.165) is 5.39 Å². The van der Waals surface area contributed by atoms with Crippen LogP contribution in [0.5, 0.6) is 0 Å². The molecule has 2 rings (SSSR count). The van der Waals surface area contributed by atoms with E-state index in [-0.39, 0.29) is 11.7 Å². The highest BCUT2D eigenvalue weighted by Gasteiger charge is 2.28. The van der Waals surface area contributed by atoms with Gasteiger partial charge >= 0.3 is 0 Å². The molecule has 0 saturated heterocycles. The minimum absolute atomic E-state index is 0.0246. The number of sulfone groups is 1. The Morgan fingerprint density at radius 1 is 1.20 bits per heavy atom. The Morgan fingerprint density at radius 2 is 1.85 bits per heavy atom. The normalized spacial score (nSPS) is 13.8. The third-order valence-corrected chi connectivity index (χ3v) is 5.88. The molecule has 1 unspecified atom stereocenters. The van der Waals surface area contributed by atoms with Gasteiger partial charge in [-0.05, 0) is 25.0 Å². The molecule has 0 aliphatic rings. The van der Waals surface area contributed by atoms with Crippen LogP contribution in [-0.4, -0.2) is 25.2 Å². The summed E-state index contributed by atoms with van der Waals surface area (Å²) in [4.78, 5) is 12.1. The number of hydrogen-bond acceptors (Lipinski definition) is 4. The van der Waals surface area contributed by atoms with Gasteiger partial charge in [0.25, 0.3) is 0 Å². The SMILES string of the molecule is CC(C)C(C)S(=O)(=O)CC(=O)c1cc2ccccc2o1. The number of benzene rings is 1. The summed E-state index contributed by atoms with van der Waals surface area (Å²) in [6.45, 7) is 5.29. The average Bonchev–Trinajstić information content (AvgIpc) is 2.81. The van der Waals surface area contributed by atoms with Crippen LogP contribution in [0, 0.1) is 5.92 Å². The van der Waals surface area contributed by atoms with Crippen molar-refractivity contribution >= 4 is 26.6 Å². The van der Waals surface area contributed by atoms with Crippen molar-refractivity contribution in [3.63, 3.8) is 0 Å². The van der Waals surface area contributed by atoms with Gasteiger partial charge in [0, 0.05) is 5.39 Å². The third kappa shape index (κ3) is 2.93. The van der Waals surface area contributed by atoms with E-state index in [1.54, 1.807) is 25.1 Å². The van der Waals surface area contributed by atoms with Crippen LogP contribution >= 0.6 is 0 Å². The van der Waals surface area contributed by atoms with Crippen molar-refractivity contribution < 1.29 is 17.6 Å². The Labute approximate surface area is 118 Å². The van der Waals surface area contributed by atoms with Gasteiger partial charge in [0.2, 0.25) is 5.78 Å². The molecule has 4 nitrogen and oxygen atoms in total. The fourth-order valence-corrected chi connectivity index (χ4v) is 3.52. The Balaban J connectivity index is 2.24. The summed E-state index contributed by atoms with van der Waals surface area (Å²) < 4.78 is 29.6. The fraction of sp³-hybridized carbons (Fsp3) is 0.400. The van der Waals surface area contributed by atoms with Crippen molar-refractivity contribution in [1.82, 2.24) is 0 Å². The maximum atomic E-state index is 12.1. The molecule has 0 fully saturated rings. The molecule has 1 aromatic carbocycles. The van der Waals surface area contributed by atoms with Crippen molar-refractivity contribution in [2.45, 2.75) is 26.0 Å². The van der Waals surface area contributed by atoms with Crippen LogP contribution in [0.15, 0.2) is 34.7 Å². The van der Waals surface area contributed by atoms with Crippen molar-refractivity contribution in [1.29, 1.82) is 0 Å². The number of ketones is 1. The predicted molar refractivity (Wildman–Crippen MR) is 78.6 cm³/mol. The number of rotatable bonds is 5. The first kappa shape index (κ1) is 14.8. The van der Waals surface area contributed by atoms with Crippen LogP contribution in [0.1, 0.15) is 31.3 Å². The molecule has 1 heterocycles. The molecule has 0 bridgehead atoms. The molecule has 2 aromatic rings. The molecule has 0 amide bonds. The van der Waals surface area contributed by atoms with Gasteiger partial charge in [-0.25, -0.2) is 8.42 Å². The Hall–Kier alpha value is -1.62. The largest absolute Gasteiger partial charge is 0.453 e. The second kappa shape index (κ2) is 5.40. The number of carbonyl (C=O) groups is 1. The molecule has 0 saturated carbocycles. The standard InChI is InChI=1S/C15H18O4S/c1-10(2)11(3)20(17,18)9-13(16)15-8-12-6-4-5-7-14(12)19-15/h4-8,10-11H,9H2,1-3H3. The van der Waals surface area contributed by atoms with E-state index in [9.17, 15) is 13.2 Å². The summed E-state index contributed by atoms with van der Waals surface area (Å²) in [5.41, 5.74) is 0.588. The van der Waals surface area contributed by atoms with Crippen LogP contribution < -0.4 is 0 Å². The summed E-state index contributed by atoms with van der Waals surface area (Å²) >= 11 is 0. The number of hydrogen-bond donors (Lipinski definition) is 0. The lowest BCUT2D eigenvalue weighted by Crippen LogP contribution is -2.29. The zero-order valence-electron chi connectivity index (χ0n) is 11.8. The molecule has 5 heteroatoms. The first-order chi connectivity index (χ1) is 9.31. The van der Waals surface area contributed by atoms with Crippen LogP contribution in [0.25, 0.3) is 11.0 Å². The second-order valence-corrected chi connectivity index (χ2v) is 7.69. The average molecular weight is 294 g/mol. The second-order valence-electron chi connectivity index (χ2n) is 5.33. The van der Waals surface area contributed by atoms with E-state index in [4.69, 9.17) is 4.42 Å². The van der Waals surface area contributed by atoms with Crippen LogP contribution in [0.3, 0.4) is 0 Å². The lowest BCUT2D eigenvalue weighted by Gasteiger charge is -2.15. The predicted octanol–water partition coefficient (Wildman–Crippen LogP) is 3.07. The molecule has 0 aliphatic heterocycles. The van der Waals surface area contributed by atoms with Gasteiger partial charge in [-0.15, -0.1) is 0 Å². The number of furan rings is 1. The number of Topliss-reactive ketones (excluding diaryl/α,β-unsaturated/α-hetero) is 1. The molecule has 1 aromatic heterocycles. The highest BCUT2D eigenvalue weighted by Crippen LogP contribution is 2.20. The van der Waals surface area contributed by atoms with Gasteiger partial charge in [-0.1, -0.05) is 32.0 Å². The zero-order chi connectivity index (χ0) is 14.9. The Morgan fingerprint density at radius 3 is 2.45 bits per heavy atom. The molecular formula is C15H18O4S. The molecule has 0 radical (unpaired) electrons. The maximum absolute atomic E-state index is 12.1. The van der Waals surface area contributed by atoms with E-state index >= 15 is 0 Å². The highest BCUT2D eigenvalue weighted by molar-refractivity contribution is 7.92. The van der Waals surface area contributed by atoms with Gasteiger partial charge in [0.05, 0.1) is 5.25 Å². The van der Waals surface area contributed by atoms with Crippen LogP contribution in [-0.2, 0) is 9.84 Å². The van der Waals surface area contributed by atoms with E-state index in [2.05, 4.69) is 0 Å². The molecular weight excluding hydrogens is 276 g/mol. The van der Waals surface area contributed by atoms with Crippen molar-refractivity contribution in [2.75, 3.05) is 5.75 Å². The molecule has 108 valence electrons. The summed E-state index contributed by atoms with van der Waals surface area (Å²) in [5.74, 6) is -0.922. The number of fused-ring (bicyclic) bond motifs is 1. The van der Waals surface area contributed by atoms with E-state index in [1.807, 2.05) is 26.0 Å². The van der Waals surface area contributed by atoms with E-state index < -0.39 is 26.6 Å². The smallest absolute Gasteiger partial charge is 0.213 e. The quantitative estimate of drug-likeness (QED) is 0.795. The molecule has 0 aliphatic carbocycles. The minimum atomic E-state index is -3.45. The van der Waals surface area contributed by atoms with Crippen LogP contribution in [0.4, 0.5) is 0 Å². The zero-order valence-corrected chi connectivity index (χ0v) is 12.6. The van der Waals surface area contributed by atoms with Crippen LogP contribution in [0.2, 0.25) is 0 Å². The van der Waals surface area contributed by atoms with Gasteiger partial charge in [-0.2, -0.15) is 0 Å². The molecule has 0 spiro atoms. The topological polar surface area (TPSA) is 64.3 Å². The van der Waals surface area contributed by atoms with Gasteiger partial charge in [-0.3, -0.25) is 4.79 Å². The first-order valence-corrected chi connectivity index (χ1v) is 8.26. The Bertz CT molecular complexity index is 692. The fourth-order valence-electron chi connectivity index (χ4n) is 1.92. The minimum Gasteiger partial charge on any atom is -0.453 e. The third-order valence-electron chi connectivity index (χ3n) is 3.54. The van der Waals surface area contributed by atoms with Gasteiger partial charge in [0.15, 0.2) is 15.6 Å². The Kier molecular flexibility index (Phi) is 3.99. The number of carbonyl (C=O) groups excluding carboxylic acids is 1. The lowest BCUT2D eigenvalue weighted by atomic mass is 10.2. The summed E-state index contributed by atoms with van der Waals surface area (Å²) in [6, 6.07) is 8.80. The summed E-state index contributed by atoms with van der Waals surface area (Å²) in [7, 11) is -3.45. The summed E-state index contributed by atoms with van der Waals surface area (Å²) in [6.07, 6.45) is 0. The van der Waals surface area contributed by atoms with Crippen molar-refractivity contribution in [3.8, 4) is 0 Å². The first-order valence-electron chi connectivity index (χ1n) is 6.54. The monoisotopic (exact) mass is 294 g/mol. The summed E-state index contributed by atoms with van der Waals surface area (Å²) in [5, 5.41) is 0.251. The van der Waals surface area contributed by atoms with Gasteiger partial charge < -0.3 is 4.42 Å². The van der Waals surface area contributed by atoms with E-state index in [0.29, 0.717) is 5.58 Å². The highest BCUT2D eigenvalue weighted by atomic mass is 32.2. The lowest BCUT2D eigenvalue weighted by molar-refractivity contribution is 0.0992. The van der Waals surface area contributed by atoms with Crippen molar-refractivity contribution in [3.05, 3.63) is 36.1 Å². The molecule has 0 N–H and O–H groups in total. The molecule has 1 atom stereocenters. The molecule has 20 heavy (non-hydrogen) atoms. The van der Waals surface area contributed by atoms with Crippen molar-refractivity contribution in [2.24, 2.45) is 5.92 Å². The number of para-hydroxylation sites is 1. The van der Waals surface area contributed by atoms with Gasteiger partial charge in [0.1, 0.15) is 11.3 Å². The van der Waals surface area contributed by atoms with E-state index in [1.165, 1.54) is 0 Å².